The maximum absolute atomic E-state index is 8.95. The third-order valence-electron chi connectivity index (χ3n) is 3.63. The number of aliphatic hydroxyl groups excluding tert-OH is 1. The van der Waals surface area contributed by atoms with Gasteiger partial charge in [-0.05, 0) is 44.2 Å². The standard InChI is InChI=1S/C14H23NO2/c1-11(10-16)4-3-8-15-13-5-2-6-14-12(13)7-9-17-14/h7,9,11,13,15-16H,2-6,8,10H2,1H3. The van der Waals surface area contributed by atoms with Crippen molar-refractivity contribution in [2.75, 3.05) is 13.2 Å². The summed E-state index contributed by atoms with van der Waals surface area (Å²) in [6, 6.07) is 2.57. The Morgan fingerprint density at radius 1 is 1.59 bits per heavy atom. The van der Waals surface area contributed by atoms with Gasteiger partial charge in [-0.15, -0.1) is 0 Å². The normalized spacial score (nSPS) is 21.2. The molecule has 96 valence electrons. The SMILES string of the molecule is CC(CO)CCCNC1CCCc2occc21. The van der Waals surface area contributed by atoms with Crippen molar-refractivity contribution in [3.8, 4) is 0 Å². The average molecular weight is 237 g/mol. The first kappa shape index (κ1) is 12.7. The van der Waals surface area contributed by atoms with Crippen molar-refractivity contribution in [2.45, 2.75) is 45.1 Å². The highest BCUT2D eigenvalue weighted by atomic mass is 16.3. The van der Waals surface area contributed by atoms with Crippen LogP contribution in [-0.4, -0.2) is 18.3 Å². The van der Waals surface area contributed by atoms with Gasteiger partial charge in [-0.2, -0.15) is 0 Å². The summed E-state index contributed by atoms with van der Waals surface area (Å²) in [6.45, 7) is 3.42. The van der Waals surface area contributed by atoms with Gasteiger partial charge >= 0.3 is 0 Å². The fourth-order valence-electron chi connectivity index (χ4n) is 2.52. The third-order valence-corrected chi connectivity index (χ3v) is 3.63. The van der Waals surface area contributed by atoms with Crippen molar-refractivity contribution >= 4 is 0 Å². The largest absolute Gasteiger partial charge is 0.469 e. The van der Waals surface area contributed by atoms with E-state index in [4.69, 9.17) is 9.52 Å². The third kappa shape index (κ3) is 3.33. The number of fused-ring (bicyclic) bond motifs is 1. The number of furan rings is 1. The van der Waals surface area contributed by atoms with Crippen LogP contribution in [0.4, 0.5) is 0 Å². The summed E-state index contributed by atoms with van der Waals surface area (Å²) in [7, 11) is 0. The molecular formula is C14H23NO2. The van der Waals surface area contributed by atoms with Gasteiger partial charge in [0.25, 0.3) is 0 Å². The number of aliphatic hydroxyl groups is 1. The molecule has 2 N–H and O–H groups in total. The molecule has 0 saturated carbocycles. The van der Waals surface area contributed by atoms with E-state index in [1.54, 1.807) is 6.26 Å². The van der Waals surface area contributed by atoms with Crippen LogP contribution in [0.15, 0.2) is 16.7 Å². The predicted octanol–water partition coefficient (Wildman–Crippen LogP) is 2.66. The van der Waals surface area contributed by atoms with Crippen LogP contribution < -0.4 is 5.32 Å². The minimum Gasteiger partial charge on any atom is -0.469 e. The molecule has 0 amide bonds. The fraction of sp³-hybridized carbons (Fsp3) is 0.714. The molecule has 2 rings (SSSR count). The van der Waals surface area contributed by atoms with E-state index in [1.165, 1.54) is 18.4 Å². The minimum absolute atomic E-state index is 0.301. The Kier molecular flexibility index (Phi) is 4.63. The molecule has 0 saturated heterocycles. The molecule has 1 aromatic heterocycles. The van der Waals surface area contributed by atoms with E-state index in [0.29, 0.717) is 18.6 Å². The van der Waals surface area contributed by atoms with Crippen molar-refractivity contribution in [3.63, 3.8) is 0 Å². The fourth-order valence-corrected chi connectivity index (χ4v) is 2.52. The molecule has 3 heteroatoms. The van der Waals surface area contributed by atoms with Gasteiger partial charge in [0.1, 0.15) is 5.76 Å². The lowest BCUT2D eigenvalue weighted by Crippen LogP contribution is -2.25. The summed E-state index contributed by atoms with van der Waals surface area (Å²) in [5.41, 5.74) is 1.35. The van der Waals surface area contributed by atoms with Crippen LogP contribution in [0.3, 0.4) is 0 Å². The molecule has 2 unspecified atom stereocenters. The molecule has 0 aromatic carbocycles. The zero-order valence-corrected chi connectivity index (χ0v) is 10.6. The smallest absolute Gasteiger partial charge is 0.108 e. The first-order valence-electron chi connectivity index (χ1n) is 6.71. The maximum atomic E-state index is 8.95. The number of hydrogen-bond donors (Lipinski definition) is 2. The summed E-state index contributed by atoms with van der Waals surface area (Å²) < 4.78 is 5.48. The summed E-state index contributed by atoms with van der Waals surface area (Å²) >= 11 is 0. The van der Waals surface area contributed by atoms with Gasteiger partial charge in [-0.3, -0.25) is 0 Å². The topological polar surface area (TPSA) is 45.4 Å². The molecule has 17 heavy (non-hydrogen) atoms. The minimum atomic E-state index is 0.301. The highest BCUT2D eigenvalue weighted by Gasteiger charge is 2.21. The van der Waals surface area contributed by atoms with Crippen LogP contribution in [0, 0.1) is 5.92 Å². The summed E-state index contributed by atoms with van der Waals surface area (Å²) in [6.07, 6.45) is 7.54. The van der Waals surface area contributed by atoms with E-state index in [-0.39, 0.29) is 0 Å². The average Bonchev–Trinajstić information content (AvgIpc) is 2.83. The van der Waals surface area contributed by atoms with E-state index in [0.717, 1.165) is 31.6 Å². The van der Waals surface area contributed by atoms with Crippen molar-refractivity contribution < 1.29 is 9.52 Å². The van der Waals surface area contributed by atoms with Gasteiger partial charge < -0.3 is 14.8 Å². The van der Waals surface area contributed by atoms with Crippen LogP contribution in [0.2, 0.25) is 0 Å². The van der Waals surface area contributed by atoms with Gasteiger partial charge in [0, 0.05) is 24.6 Å². The summed E-state index contributed by atoms with van der Waals surface area (Å²) in [5.74, 6) is 1.59. The first-order chi connectivity index (χ1) is 8.31. The van der Waals surface area contributed by atoms with Gasteiger partial charge in [-0.25, -0.2) is 0 Å². The zero-order chi connectivity index (χ0) is 12.1. The van der Waals surface area contributed by atoms with Crippen LogP contribution in [0.25, 0.3) is 0 Å². The lowest BCUT2D eigenvalue weighted by Gasteiger charge is -2.23. The monoisotopic (exact) mass is 237 g/mol. The lowest BCUT2D eigenvalue weighted by atomic mass is 9.93. The van der Waals surface area contributed by atoms with Crippen molar-refractivity contribution in [3.05, 3.63) is 23.7 Å². The van der Waals surface area contributed by atoms with Crippen molar-refractivity contribution in [1.29, 1.82) is 0 Å². The molecule has 1 aromatic rings. The van der Waals surface area contributed by atoms with Gasteiger partial charge in [0.05, 0.1) is 6.26 Å². The predicted molar refractivity (Wildman–Crippen MR) is 67.9 cm³/mol. The van der Waals surface area contributed by atoms with Crippen LogP contribution >= 0.6 is 0 Å². The van der Waals surface area contributed by atoms with Gasteiger partial charge in [-0.1, -0.05) is 6.92 Å². The Bertz CT molecular complexity index is 335. The number of hydrogen-bond acceptors (Lipinski definition) is 3. The Labute approximate surface area is 103 Å². The van der Waals surface area contributed by atoms with Crippen LogP contribution in [0.1, 0.15) is 50.0 Å². The highest BCUT2D eigenvalue weighted by molar-refractivity contribution is 5.23. The zero-order valence-electron chi connectivity index (χ0n) is 10.6. The Hall–Kier alpha value is -0.800. The molecule has 0 bridgehead atoms. The van der Waals surface area contributed by atoms with Gasteiger partial charge in [0.2, 0.25) is 0 Å². The number of rotatable bonds is 6. The molecule has 1 heterocycles. The first-order valence-corrected chi connectivity index (χ1v) is 6.71. The van der Waals surface area contributed by atoms with Crippen molar-refractivity contribution in [2.24, 2.45) is 5.92 Å². The van der Waals surface area contributed by atoms with E-state index >= 15 is 0 Å². The maximum Gasteiger partial charge on any atom is 0.108 e. The van der Waals surface area contributed by atoms with Crippen LogP contribution in [-0.2, 0) is 6.42 Å². The number of aryl methyl sites for hydroxylation is 1. The Balaban J connectivity index is 1.74. The molecule has 2 atom stereocenters. The number of nitrogens with one attached hydrogen (secondary N) is 1. The van der Waals surface area contributed by atoms with Gasteiger partial charge in [0.15, 0.2) is 0 Å². The summed E-state index contributed by atoms with van der Waals surface area (Å²) in [5, 5.41) is 12.6. The molecule has 0 fully saturated rings. The van der Waals surface area contributed by atoms with E-state index < -0.39 is 0 Å². The molecule has 1 aliphatic carbocycles. The molecule has 0 radical (unpaired) electrons. The summed E-state index contributed by atoms with van der Waals surface area (Å²) in [4.78, 5) is 0. The van der Waals surface area contributed by atoms with E-state index in [2.05, 4.69) is 18.3 Å². The van der Waals surface area contributed by atoms with E-state index in [1.807, 2.05) is 0 Å². The molecule has 3 nitrogen and oxygen atoms in total. The van der Waals surface area contributed by atoms with E-state index in [9.17, 15) is 0 Å². The quantitative estimate of drug-likeness (QED) is 0.748. The second-order valence-electron chi connectivity index (χ2n) is 5.13. The molecular weight excluding hydrogens is 214 g/mol. The van der Waals surface area contributed by atoms with Crippen molar-refractivity contribution in [1.82, 2.24) is 5.32 Å². The Morgan fingerprint density at radius 3 is 3.29 bits per heavy atom. The second-order valence-corrected chi connectivity index (χ2v) is 5.13. The molecule has 0 aliphatic heterocycles. The second kappa shape index (κ2) is 6.22. The molecule has 0 spiro atoms. The lowest BCUT2D eigenvalue weighted by molar-refractivity contribution is 0.227. The van der Waals surface area contributed by atoms with Crippen LogP contribution in [0.5, 0.6) is 0 Å². The molecule has 1 aliphatic rings. The Morgan fingerprint density at radius 2 is 2.47 bits per heavy atom. The highest BCUT2D eigenvalue weighted by Crippen LogP contribution is 2.30.